The lowest BCUT2D eigenvalue weighted by molar-refractivity contribution is 0.0689. The number of aromatic carboxylic acids is 1. The predicted octanol–water partition coefficient (Wildman–Crippen LogP) is -0.340. The highest BCUT2D eigenvalue weighted by Crippen LogP contribution is 2.11. The van der Waals surface area contributed by atoms with Crippen LogP contribution in [0.25, 0.3) is 0 Å². The largest absolute Gasteiger partial charge is 0.476 e. The van der Waals surface area contributed by atoms with Crippen LogP contribution in [0.1, 0.15) is 27.6 Å². The van der Waals surface area contributed by atoms with Crippen LogP contribution in [0.5, 0.6) is 0 Å². The third-order valence-electron chi connectivity index (χ3n) is 2.63. The van der Waals surface area contributed by atoms with Gasteiger partial charge in [-0.3, -0.25) is 0 Å². The zero-order valence-electron chi connectivity index (χ0n) is 10.9. The molecule has 0 saturated heterocycles. The summed E-state index contributed by atoms with van der Waals surface area (Å²) in [6, 6.07) is 1.72. The van der Waals surface area contributed by atoms with E-state index in [9.17, 15) is 4.79 Å². The summed E-state index contributed by atoms with van der Waals surface area (Å²) >= 11 is 0. The average Bonchev–Trinajstić information content (AvgIpc) is 2.99. The second-order valence-electron chi connectivity index (χ2n) is 4.10. The van der Waals surface area contributed by atoms with Crippen molar-refractivity contribution in [1.82, 2.24) is 20.2 Å². The van der Waals surface area contributed by atoms with Crippen molar-refractivity contribution in [1.29, 1.82) is 0 Å². The third kappa shape index (κ3) is 3.00. The number of hydrogen-bond donors (Lipinski definition) is 2. The van der Waals surface area contributed by atoms with E-state index in [-0.39, 0.29) is 12.2 Å². The van der Waals surface area contributed by atoms with E-state index in [4.69, 9.17) is 20.1 Å². The Kier molecular flexibility index (Phi) is 4.43. The molecule has 0 saturated carbocycles. The zero-order valence-corrected chi connectivity index (χ0v) is 10.9. The first-order chi connectivity index (χ1) is 9.65. The Balaban J connectivity index is 2.21. The van der Waals surface area contributed by atoms with Crippen LogP contribution in [0.15, 0.2) is 10.6 Å². The van der Waals surface area contributed by atoms with Crippen molar-refractivity contribution in [3.05, 3.63) is 28.9 Å². The van der Waals surface area contributed by atoms with Crippen molar-refractivity contribution in [2.24, 2.45) is 5.73 Å². The summed E-state index contributed by atoms with van der Waals surface area (Å²) < 4.78 is 11.4. The van der Waals surface area contributed by atoms with Crippen molar-refractivity contribution in [3.8, 4) is 0 Å². The summed E-state index contributed by atoms with van der Waals surface area (Å²) in [6.07, 6.45) is 0.372. The van der Waals surface area contributed by atoms with Crippen LogP contribution in [0, 0.1) is 0 Å². The number of rotatable bonds is 7. The monoisotopic (exact) mass is 281 g/mol. The van der Waals surface area contributed by atoms with Crippen molar-refractivity contribution >= 4 is 5.97 Å². The van der Waals surface area contributed by atoms with Crippen molar-refractivity contribution in [3.63, 3.8) is 0 Å². The first-order valence-corrected chi connectivity index (χ1v) is 5.94. The van der Waals surface area contributed by atoms with E-state index in [0.717, 1.165) is 0 Å². The van der Waals surface area contributed by atoms with Gasteiger partial charge in [-0.05, 0) is 6.54 Å². The lowest BCUT2D eigenvalue weighted by Gasteiger charge is -2.03. The molecule has 0 aromatic carbocycles. The van der Waals surface area contributed by atoms with E-state index < -0.39 is 5.97 Å². The van der Waals surface area contributed by atoms with E-state index in [0.29, 0.717) is 36.7 Å². The number of carbonyl (C=O) groups is 1. The van der Waals surface area contributed by atoms with E-state index in [1.165, 1.54) is 4.68 Å². The molecule has 0 spiro atoms. The Morgan fingerprint density at radius 3 is 3.05 bits per heavy atom. The number of carboxylic acid groups (broad SMARTS) is 1. The average molecular weight is 281 g/mol. The standard InChI is InChI=1S/C11H15N5O4/c1-19-6-8-4-7(14-20-8)5-16-9(2-3-12)10(11(17)18)13-15-16/h4H,2-3,5-6,12H2,1H3,(H,17,18). The van der Waals surface area contributed by atoms with Crippen LogP contribution in [0.3, 0.4) is 0 Å². The van der Waals surface area contributed by atoms with Crippen LogP contribution >= 0.6 is 0 Å². The van der Waals surface area contributed by atoms with Crippen molar-refractivity contribution in [2.45, 2.75) is 19.6 Å². The molecule has 2 heterocycles. The molecule has 0 fully saturated rings. The predicted molar refractivity (Wildman–Crippen MR) is 66.1 cm³/mol. The molecule has 2 rings (SSSR count). The number of hydrogen-bond acceptors (Lipinski definition) is 7. The van der Waals surface area contributed by atoms with Crippen LogP contribution in [-0.2, 0) is 24.3 Å². The highest BCUT2D eigenvalue weighted by molar-refractivity contribution is 5.86. The van der Waals surface area contributed by atoms with Crippen molar-refractivity contribution in [2.75, 3.05) is 13.7 Å². The van der Waals surface area contributed by atoms with Crippen LogP contribution in [-0.4, -0.2) is 44.9 Å². The van der Waals surface area contributed by atoms with E-state index in [1.807, 2.05) is 0 Å². The molecule has 108 valence electrons. The Hall–Kier alpha value is -2.26. The minimum Gasteiger partial charge on any atom is -0.476 e. The first kappa shape index (κ1) is 14.2. The number of carboxylic acids is 1. The molecular weight excluding hydrogens is 266 g/mol. The number of nitrogens with two attached hydrogens (primary N) is 1. The summed E-state index contributed by atoms with van der Waals surface area (Å²) in [5, 5.41) is 20.4. The Morgan fingerprint density at radius 2 is 2.40 bits per heavy atom. The fraction of sp³-hybridized carbons (Fsp3) is 0.455. The molecule has 2 aromatic heterocycles. The lowest BCUT2D eigenvalue weighted by Crippen LogP contribution is -2.14. The fourth-order valence-corrected chi connectivity index (χ4v) is 1.80. The zero-order chi connectivity index (χ0) is 14.5. The maximum atomic E-state index is 11.0. The maximum Gasteiger partial charge on any atom is 0.358 e. The normalized spacial score (nSPS) is 10.9. The van der Waals surface area contributed by atoms with Gasteiger partial charge in [0.2, 0.25) is 0 Å². The van der Waals surface area contributed by atoms with Gasteiger partial charge in [-0.15, -0.1) is 5.10 Å². The molecule has 0 radical (unpaired) electrons. The molecule has 0 amide bonds. The topological polar surface area (TPSA) is 129 Å². The molecule has 0 bridgehead atoms. The summed E-state index contributed by atoms with van der Waals surface area (Å²) in [7, 11) is 1.55. The molecule has 0 atom stereocenters. The molecule has 2 aromatic rings. The summed E-state index contributed by atoms with van der Waals surface area (Å²) in [4.78, 5) is 11.0. The van der Waals surface area contributed by atoms with Gasteiger partial charge in [0.15, 0.2) is 11.5 Å². The number of nitrogens with zero attached hydrogens (tertiary/aromatic N) is 4. The Labute approximate surface area is 114 Å². The molecule has 0 aliphatic carbocycles. The number of aromatic nitrogens is 4. The van der Waals surface area contributed by atoms with Gasteiger partial charge in [0, 0.05) is 19.6 Å². The van der Waals surface area contributed by atoms with Gasteiger partial charge in [-0.25, -0.2) is 9.48 Å². The second kappa shape index (κ2) is 6.26. The smallest absolute Gasteiger partial charge is 0.358 e. The molecule has 20 heavy (non-hydrogen) atoms. The Morgan fingerprint density at radius 1 is 1.60 bits per heavy atom. The van der Waals surface area contributed by atoms with Gasteiger partial charge >= 0.3 is 5.97 Å². The first-order valence-electron chi connectivity index (χ1n) is 5.94. The van der Waals surface area contributed by atoms with Gasteiger partial charge in [0.25, 0.3) is 0 Å². The maximum absolute atomic E-state index is 11.0. The van der Waals surface area contributed by atoms with E-state index >= 15 is 0 Å². The Bertz CT molecular complexity index is 591. The summed E-state index contributed by atoms with van der Waals surface area (Å²) in [5.74, 6) is -0.540. The fourth-order valence-electron chi connectivity index (χ4n) is 1.80. The van der Waals surface area contributed by atoms with Gasteiger partial charge in [-0.1, -0.05) is 10.4 Å². The lowest BCUT2D eigenvalue weighted by atomic mass is 10.2. The summed E-state index contributed by atoms with van der Waals surface area (Å²) in [6.45, 7) is 0.893. The molecule has 9 heteroatoms. The van der Waals surface area contributed by atoms with Crippen molar-refractivity contribution < 1.29 is 19.2 Å². The van der Waals surface area contributed by atoms with Gasteiger partial charge < -0.3 is 20.1 Å². The van der Waals surface area contributed by atoms with Gasteiger partial charge in [-0.2, -0.15) is 0 Å². The third-order valence-corrected chi connectivity index (χ3v) is 2.63. The molecule has 0 aliphatic heterocycles. The highest BCUT2D eigenvalue weighted by atomic mass is 16.5. The molecule has 0 aliphatic rings. The quantitative estimate of drug-likeness (QED) is 0.705. The number of methoxy groups -OCH3 is 1. The van der Waals surface area contributed by atoms with Gasteiger partial charge in [0.05, 0.1) is 12.2 Å². The molecule has 3 N–H and O–H groups in total. The van der Waals surface area contributed by atoms with Gasteiger partial charge in [0.1, 0.15) is 12.3 Å². The van der Waals surface area contributed by atoms with Crippen LogP contribution < -0.4 is 5.73 Å². The van der Waals surface area contributed by atoms with Crippen LogP contribution in [0.2, 0.25) is 0 Å². The SMILES string of the molecule is COCc1cc(Cn2nnc(C(=O)O)c2CCN)no1. The molecule has 9 nitrogen and oxygen atoms in total. The summed E-state index contributed by atoms with van der Waals surface area (Å²) in [5.41, 5.74) is 6.47. The van der Waals surface area contributed by atoms with Crippen LogP contribution in [0.4, 0.5) is 0 Å². The molecular formula is C11H15N5O4. The molecule has 0 unspecified atom stereocenters. The highest BCUT2D eigenvalue weighted by Gasteiger charge is 2.19. The number of ether oxygens (including phenoxy) is 1. The minimum atomic E-state index is -1.13. The van der Waals surface area contributed by atoms with E-state index in [2.05, 4.69) is 15.5 Å². The van der Waals surface area contributed by atoms with E-state index in [1.54, 1.807) is 13.2 Å². The minimum absolute atomic E-state index is 0.0870. The second-order valence-corrected chi connectivity index (χ2v) is 4.10.